The van der Waals surface area contributed by atoms with Gasteiger partial charge < -0.3 is 29.2 Å². The molecule has 0 aromatic rings. The van der Waals surface area contributed by atoms with Crippen LogP contribution < -0.4 is 0 Å². The topological polar surface area (TPSA) is 214 Å². The van der Waals surface area contributed by atoms with E-state index in [1.54, 1.807) is 13.8 Å². The Balaban J connectivity index is 0.000000393. The van der Waals surface area contributed by atoms with Crippen LogP contribution in [0, 0.1) is 23.7 Å². The highest BCUT2D eigenvalue weighted by atomic mass is 16.6. The van der Waals surface area contributed by atoms with Gasteiger partial charge in [-0.25, -0.2) is 0 Å². The maximum absolute atomic E-state index is 11.9. The van der Waals surface area contributed by atoms with Gasteiger partial charge in [0, 0.05) is 0 Å². The molecule has 2 rings (SSSR count). The molecular formula is C22H28O14. The molecule has 2 aliphatic rings. The Hall–Kier alpha value is -3.84. The quantitative estimate of drug-likeness (QED) is 0.202. The molecule has 2 fully saturated rings. The number of aliphatic carboxylic acids is 2. The zero-order valence-corrected chi connectivity index (χ0v) is 19.8. The van der Waals surface area contributed by atoms with Gasteiger partial charge in [-0.1, -0.05) is 13.8 Å². The molecule has 200 valence electrons. The Bertz CT molecular complexity index is 857. The number of carboxylic acids is 2. The lowest BCUT2D eigenvalue weighted by molar-refractivity contribution is -0.164. The molecule has 0 aromatic heterocycles. The second kappa shape index (κ2) is 14.5. The molecule has 14 nitrogen and oxygen atoms in total. The summed E-state index contributed by atoms with van der Waals surface area (Å²) < 4.78 is 18.2. The van der Waals surface area contributed by atoms with E-state index in [0.717, 1.165) is 0 Å². The van der Waals surface area contributed by atoms with Gasteiger partial charge in [0.15, 0.2) is 0 Å². The summed E-state index contributed by atoms with van der Waals surface area (Å²) in [5.74, 6) is -11.9. The van der Waals surface area contributed by atoms with Crippen LogP contribution in [0.25, 0.3) is 0 Å². The van der Waals surface area contributed by atoms with Crippen LogP contribution in [-0.4, -0.2) is 71.2 Å². The Labute approximate surface area is 205 Å². The van der Waals surface area contributed by atoms with Gasteiger partial charge in [0.2, 0.25) is 0 Å². The summed E-state index contributed by atoms with van der Waals surface area (Å²) in [6, 6.07) is 0. The van der Waals surface area contributed by atoms with Crippen molar-refractivity contribution in [1.29, 1.82) is 0 Å². The van der Waals surface area contributed by atoms with Gasteiger partial charge in [0.25, 0.3) is 0 Å². The van der Waals surface area contributed by atoms with E-state index < -0.39 is 84.3 Å². The second-order valence-electron chi connectivity index (χ2n) is 7.95. The fraction of sp³-hybridized carbons (Fsp3) is 0.636. The molecule has 2 N–H and O–H groups in total. The van der Waals surface area contributed by atoms with Crippen LogP contribution in [0.1, 0.15) is 52.4 Å². The number of carbonyl (C=O) groups excluding carboxylic acids is 6. The minimum Gasteiger partial charge on any atom is -0.481 e. The van der Waals surface area contributed by atoms with Gasteiger partial charge in [-0.2, -0.15) is 0 Å². The molecule has 2 heterocycles. The summed E-state index contributed by atoms with van der Waals surface area (Å²) in [7, 11) is 0. The van der Waals surface area contributed by atoms with E-state index in [4.69, 9.17) is 14.6 Å². The van der Waals surface area contributed by atoms with Crippen molar-refractivity contribution in [3.8, 4) is 0 Å². The van der Waals surface area contributed by atoms with E-state index in [1.807, 2.05) is 0 Å². The minimum absolute atomic E-state index is 0.0571. The number of rotatable bonds is 12. The van der Waals surface area contributed by atoms with Crippen LogP contribution in [0.3, 0.4) is 0 Å². The van der Waals surface area contributed by atoms with Crippen molar-refractivity contribution in [2.75, 3.05) is 13.2 Å². The number of carbonyl (C=O) groups is 8. The Morgan fingerprint density at radius 1 is 0.806 bits per heavy atom. The largest absolute Gasteiger partial charge is 0.481 e. The predicted octanol–water partition coefficient (Wildman–Crippen LogP) is 0.240. The van der Waals surface area contributed by atoms with E-state index in [2.05, 4.69) is 9.47 Å². The Morgan fingerprint density at radius 2 is 1.28 bits per heavy atom. The smallest absolute Gasteiger partial charge is 0.318 e. The van der Waals surface area contributed by atoms with E-state index >= 15 is 0 Å². The molecule has 0 aromatic carbocycles. The van der Waals surface area contributed by atoms with Crippen LogP contribution >= 0.6 is 0 Å². The molecule has 36 heavy (non-hydrogen) atoms. The third kappa shape index (κ3) is 9.43. The second-order valence-corrected chi connectivity index (χ2v) is 7.95. The number of hydrogen-bond acceptors (Lipinski definition) is 12. The molecule has 0 radical (unpaired) electrons. The molecular weight excluding hydrogens is 488 g/mol. The molecule has 14 heteroatoms. The highest BCUT2D eigenvalue weighted by molar-refractivity contribution is 6.01. The zero-order chi connectivity index (χ0) is 27.4. The monoisotopic (exact) mass is 516 g/mol. The molecule has 0 spiro atoms. The molecule has 4 unspecified atom stereocenters. The van der Waals surface area contributed by atoms with Gasteiger partial charge in [-0.15, -0.1) is 0 Å². The summed E-state index contributed by atoms with van der Waals surface area (Å²) in [5.41, 5.74) is 0. The van der Waals surface area contributed by atoms with Crippen molar-refractivity contribution in [3.05, 3.63) is 0 Å². The number of hydrogen-bond donors (Lipinski definition) is 2. The minimum atomic E-state index is -1.50. The van der Waals surface area contributed by atoms with E-state index in [1.165, 1.54) is 0 Å². The molecule has 0 saturated carbocycles. The number of ether oxygens (including phenoxy) is 4. The lowest BCUT2D eigenvalue weighted by Gasteiger charge is -2.20. The van der Waals surface area contributed by atoms with Gasteiger partial charge in [-0.3, -0.25) is 38.4 Å². The first-order valence-electron chi connectivity index (χ1n) is 11.2. The summed E-state index contributed by atoms with van der Waals surface area (Å²) in [5, 5.41) is 18.0. The highest BCUT2D eigenvalue weighted by Gasteiger charge is 2.48. The van der Waals surface area contributed by atoms with Crippen molar-refractivity contribution in [3.63, 3.8) is 0 Å². The molecule has 2 aliphatic heterocycles. The van der Waals surface area contributed by atoms with Crippen LogP contribution in [0.15, 0.2) is 0 Å². The molecule has 0 bridgehead atoms. The van der Waals surface area contributed by atoms with Crippen LogP contribution in [0.5, 0.6) is 0 Å². The maximum atomic E-state index is 11.9. The van der Waals surface area contributed by atoms with E-state index in [0.29, 0.717) is 12.8 Å². The van der Waals surface area contributed by atoms with Crippen molar-refractivity contribution in [1.82, 2.24) is 0 Å². The first-order valence-corrected chi connectivity index (χ1v) is 11.2. The standard InChI is InChI=1S/C14H22O8.C8H6O6/c1-3-5-21-12(17)8-9(13(18)19)10(7-11(15)16)14(20)22-6-4-2;9-5-1-3(7(11)13-5)4-2-6(10)14-8(4)12/h9-10H,3-8H2,1-2H3,(H,15,16)(H,18,19);3-4H,1-2H2. The summed E-state index contributed by atoms with van der Waals surface area (Å²) in [6.07, 6.45) is -0.505. The predicted molar refractivity (Wildman–Crippen MR) is 112 cm³/mol. The van der Waals surface area contributed by atoms with Gasteiger partial charge in [0.05, 0.1) is 62.6 Å². The molecule has 0 aliphatic carbocycles. The van der Waals surface area contributed by atoms with Crippen molar-refractivity contribution in [2.45, 2.75) is 52.4 Å². The lowest BCUT2D eigenvalue weighted by Crippen LogP contribution is -2.35. The van der Waals surface area contributed by atoms with Gasteiger partial charge in [0.1, 0.15) is 0 Å². The molecule has 4 atom stereocenters. The average Bonchev–Trinajstić information content (AvgIpc) is 3.31. The summed E-state index contributed by atoms with van der Waals surface area (Å²) >= 11 is 0. The SMILES string of the molecule is CCCOC(=O)CC(C(=O)O)C(CC(=O)O)C(=O)OCCC.O=C1CC(C2CC(=O)OC2=O)C(=O)O1. The van der Waals surface area contributed by atoms with Crippen LogP contribution in [0.4, 0.5) is 0 Å². The van der Waals surface area contributed by atoms with E-state index in [9.17, 15) is 43.5 Å². The fourth-order valence-electron chi connectivity index (χ4n) is 3.34. The van der Waals surface area contributed by atoms with Gasteiger partial charge in [-0.05, 0) is 12.8 Å². The molecule has 0 amide bonds. The first kappa shape index (κ1) is 30.2. The van der Waals surface area contributed by atoms with Crippen molar-refractivity contribution in [2.24, 2.45) is 23.7 Å². The Kier molecular flexibility index (Phi) is 12.2. The van der Waals surface area contributed by atoms with Crippen molar-refractivity contribution >= 4 is 47.8 Å². The third-order valence-corrected chi connectivity index (χ3v) is 5.10. The first-order chi connectivity index (χ1) is 16.9. The van der Waals surface area contributed by atoms with E-state index in [-0.39, 0.29) is 26.1 Å². The summed E-state index contributed by atoms with van der Waals surface area (Å²) in [4.78, 5) is 89.2. The zero-order valence-electron chi connectivity index (χ0n) is 19.8. The normalized spacial score (nSPS) is 20.4. The third-order valence-electron chi connectivity index (χ3n) is 5.10. The van der Waals surface area contributed by atoms with Crippen molar-refractivity contribution < 1.29 is 67.5 Å². The number of esters is 6. The van der Waals surface area contributed by atoms with Gasteiger partial charge >= 0.3 is 47.8 Å². The lowest BCUT2D eigenvalue weighted by atomic mass is 9.87. The highest BCUT2D eigenvalue weighted by Crippen LogP contribution is 2.31. The maximum Gasteiger partial charge on any atom is 0.318 e. The summed E-state index contributed by atoms with van der Waals surface area (Å²) in [6.45, 7) is 3.71. The fourth-order valence-corrected chi connectivity index (χ4v) is 3.34. The number of cyclic esters (lactones) is 4. The van der Waals surface area contributed by atoms with Crippen LogP contribution in [0.2, 0.25) is 0 Å². The average molecular weight is 516 g/mol. The van der Waals surface area contributed by atoms with Crippen LogP contribution in [-0.2, 0) is 57.3 Å². The molecule has 2 saturated heterocycles. The number of carboxylic acid groups (broad SMARTS) is 2. The Morgan fingerprint density at radius 3 is 1.64 bits per heavy atom.